The zero-order valence-corrected chi connectivity index (χ0v) is 15.3. The number of hydrogen-bond acceptors (Lipinski definition) is 5. The Hall–Kier alpha value is -3.06. The molecule has 1 aromatic carbocycles. The lowest BCUT2D eigenvalue weighted by Crippen LogP contribution is -2.26. The molecule has 0 fully saturated rings. The third-order valence-corrected chi connectivity index (χ3v) is 5.17. The number of hydrogen-bond donors (Lipinski definition) is 1. The summed E-state index contributed by atoms with van der Waals surface area (Å²) >= 11 is 1.66. The van der Waals surface area contributed by atoms with Crippen molar-refractivity contribution in [2.45, 2.75) is 13.3 Å². The minimum absolute atomic E-state index is 0.214. The van der Waals surface area contributed by atoms with Gasteiger partial charge >= 0.3 is 0 Å². The number of amides is 1. The first kappa shape index (κ1) is 17.4. The first-order valence-corrected chi connectivity index (χ1v) is 9.33. The van der Waals surface area contributed by atoms with Crippen LogP contribution < -0.4 is 5.32 Å². The fraction of sp³-hybridized carbons (Fsp3) is 0.150. The van der Waals surface area contributed by atoms with E-state index in [0.29, 0.717) is 34.4 Å². The van der Waals surface area contributed by atoms with Gasteiger partial charge in [0.15, 0.2) is 0 Å². The summed E-state index contributed by atoms with van der Waals surface area (Å²) in [6.07, 6.45) is 0.769. The van der Waals surface area contributed by atoms with Crippen LogP contribution in [0.15, 0.2) is 52.4 Å². The highest BCUT2D eigenvalue weighted by atomic mass is 32.1. The first-order chi connectivity index (χ1) is 13.1. The average molecular weight is 381 g/mol. The Bertz CT molecular complexity index is 1090. The van der Waals surface area contributed by atoms with E-state index in [2.05, 4.69) is 15.5 Å². The molecule has 3 heterocycles. The third-order valence-electron chi connectivity index (χ3n) is 4.24. The largest absolute Gasteiger partial charge is 0.352 e. The lowest BCUT2D eigenvalue weighted by atomic mass is 10.0. The maximum absolute atomic E-state index is 13.2. The van der Waals surface area contributed by atoms with Gasteiger partial charge in [-0.3, -0.25) is 4.79 Å². The predicted molar refractivity (Wildman–Crippen MR) is 102 cm³/mol. The molecule has 4 rings (SSSR count). The van der Waals surface area contributed by atoms with Crippen LogP contribution in [0.3, 0.4) is 0 Å². The molecule has 1 amide bonds. The summed E-state index contributed by atoms with van der Waals surface area (Å²) < 4.78 is 18.5. The SMILES string of the molecule is Cc1noc2nc(-c3ccc(F)cc3)cc(C(=O)NCCc3cccs3)c12. The number of pyridine rings is 1. The summed E-state index contributed by atoms with van der Waals surface area (Å²) in [4.78, 5) is 18.5. The number of nitrogens with one attached hydrogen (secondary N) is 1. The van der Waals surface area contributed by atoms with Crippen LogP contribution in [0.5, 0.6) is 0 Å². The van der Waals surface area contributed by atoms with E-state index in [4.69, 9.17) is 4.52 Å². The Balaban J connectivity index is 1.66. The smallest absolute Gasteiger partial charge is 0.259 e. The van der Waals surface area contributed by atoms with Gasteiger partial charge in [0.05, 0.1) is 22.3 Å². The molecule has 0 aliphatic rings. The highest BCUT2D eigenvalue weighted by Gasteiger charge is 2.19. The molecule has 0 atom stereocenters. The van der Waals surface area contributed by atoms with Crippen molar-refractivity contribution in [1.82, 2.24) is 15.5 Å². The summed E-state index contributed by atoms with van der Waals surface area (Å²) in [7, 11) is 0. The quantitative estimate of drug-likeness (QED) is 0.557. The van der Waals surface area contributed by atoms with Gasteiger partial charge in [0.25, 0.3) is 11.6 Å². The van der Waals surface area contributed by atoms with Crippen LogP contribution in [-0.2, 0) is 6.42 Å². The molecule has 0 saturated heterocycles. The second kappa shape index (κ2) is 7.28. The second-order valence-corrected chi connectivity index (χ2v) is 7.13. The molecule has 7 heteroatoms. The number of aryl methyl sites for hydroxylation is 1. The fourth-order valence-corrected chi connectivity index (χ4v) is 3.60. The average Bonchev–Trinajstić information content (AvgIpc) is 3.32. The Morgan fingerprint density at radius 1 is 1.26 bits per heavy atom. The number of rotatable bonds is 5. The molecular weight excluding hydrogens is 365 g/mol. The fourth-order valence-electron chi connectivity index (χ4n) is 2.89. The summed E-state index contributed by atoms with van der Waals surface area (Å²) in [5.74, 6) is -0.546. The zero-order valence-electron chi connectivity index (χ0n) is 14.5. The molecule has 5 nitrogen and oxygen atoms in total. The number of benzene rings is 1. The molecule has 0 aliphatic heterocycles. The van der Waals surface area contributed by atoms with E-state index in [0.717, 1.165) is 6.42 Å². The second-order valence-electron chi connectivity index (χ2n) is 6.10. The van der Waals surface area contributed by atoms with E-state index < -0.39 is 0 Å². The van der Waals surface area contributed by atoms with Crippen LogP contribution in [-0.4, -0.2) is 22.6 Å². The number of aromatic nitrogens is 2. The lowest BCUT2D eigenvalue weighted by molar-refractivity contribution is 0.0955. The van der Waals surface area contributed by atoms with Crippen molar-refractivity contribution in [3.8, 4) is 11.3 Å². The van der Waals surface area contributed by atoms with Gasteiger partial charge in [0.1, 0.15) is 5.82 Å². The van der Waals surface area contributed by atoms with Crippen molar-refractivity contribution in [1.29, 1.82) is 0 Å². The van der Waals surface area contributed by atoms with E-state index in [-0.39, 0.29) is 17.4 Å². The van der Waals surface area contributed by atoms with Crippen LogP contribution >= 0.6 is 11.3 Å². The van der Waals surface area contributed by atoms with Crippen molar-refractivity contribution >= 4 is 28.3 Å². The molecule has 0 saturated carbocycles. The highest BCUT2D eigenvalue weighted by molar-refractivity contribution is 7.09. The lowest BCUT2D eigenvalue weighted by Gasteiger charge is -2.08. The number of carbonyl (C=O) groups excluding carboxylic acids is 1. The van der Waals surface area contributed by atoms with Crippen LogP contribution in [0.4, 0.5) is 4.39 Å². The van der Waals surface area contributed by atoms with Crippen LogP contribution in [0.2, 0.25) is 0 Å². The Morgan fingerprint density at radius 2 is 2.07 bits per heavy atom. The van der Waals surface area contributed by atoms with Gasteiger partial charge in [-0.15, -0.1) is 11.3 Å². The number of carbonyl (C=O) groups is 1. The summed E-state index contributed by atoms with van der Waals surface area (Å²) in [5, 5.41) is 9.48. The van der Waals surface area contributed by atoms with E-state index in [1.54, 1.807) is 36.5 Å². The summed E-state index contributed by atoms with van der Waals surface area (Å²) in [5.41, 5.74) is 2.57. The van der Waals surface area contributed by atoms with Gasteiger partial charge in [-0.25, -0.2) is 9.37 Å². The standard InChI is InChI=1S/C20H16FN3O2S/c1-12-18-16(19(25)22-9-8-15-3-2-10-27-15)11-17(23-20(18)26-24-12)13-4-6-14(21)7-5-13/h2-7,10-11H,8-9H2,1H3,(H,22,25). The Morgan fingerprint density at radius 3 is 2.81 bits per heavy atom. The van der Waals surface area contributed by atoms with Gasteiger partial charge in [0.2, 0.25) is 0 Å². The maximum atomic E-state index is 13.2. The minimum atomic E-state index is -0.332. The molecule has 0 aliphatic carbocycles. The van der Waals surface area contributed by atoms with E-state index in [1.807, 2.05) is 17.5 Å². The van der Waals surface area contributed by atoms with Crippen molar-refractivity contribution in [2.24, 2.45) is 0 Å². The van der Waals surface area contributed by atoms with Gasteiger partial charge in [-0.2, -0.15) is 0 Å². The predicted octanol–water partition coefficient (Wildman–Crippen LogP) is 4.37. The number of thiophene rings is 1. The monoisotopic (exact) mass is 381 g/mol. The van der Waals surface area contributed by atoms with Crippen molar-refractivity contribution < 1.29 is 13.7 Å². The molecule has 0 bridgehead atoms. The van der Waals surface area contributed by atoms with Crippen LogP contribution in [0, 0.1) is 12.7 Å². The first-order valence-electron chi connectivity index (χ1n) is 8.45. The molecule has 0 unspecified atom stereocenters. The maximum Gasteiger partial charge on any atom is 0.259 e. The molecule has 136 valence electrons. The highest BCUT2D eigenvalue weighted by Crippen LogP contribution is 2.27. The van der Waals surface area contributed by atoms with Gasteiger partial charge in [-0.05, 0) is 55.1 Å². The molecule has 0 radical (unpaired) electrons. The van der Waals surface area contributed by atoms with Crippen LogP contribution in [0.25, 0.3) is 22.4 Å². The van der Waals surface area contributed by atoms with Gasteiger partial charge in [0, 0.05) is 17.0 Å². The third kappa shape index (κ3) is 3.59. The molecule has 3 aromatic heterocycles. The van der Waals surface area contributed by atoms with E-state index in [9.17, 15) is 9.18 Å². The minimum Gasteiger partial charge on any atom is -0.352 e. The van der Waals surface area contributed by atoms with E-state index >= 15 is 0 Å². The summed E-state index contributed by atoms with van der Waals surface area (Å²) in [6.45, 7) is 2.30. The number of fused-ring (bicyclic) bond motifs is 1. The topological polar surface area (TPSA) is 68.0 Å². The van der Waals surface area contributed by atoms with Crippen molar-refractivity contribution in [3.05, 3.63) is 69.8 Å². The Labute approximate surface area is 158 Å². The van der Waals surface area contributed by atoms with Crippen LogP contribution in [0.1, 0.15) is 20.9 Å². The van der Waals surface area contributed by atoms with Gasteiger partial charge in [-0.1, -0.05) is 11.2 Å². The number of nitrogens with zero attached hydrogens (tertiary/aromatic N) is 2. The molecule has 1 N–H and O–H groups in total. The van der Waals surface area contributed by atoms with E-state index in [1.165, 1.54) is 17.0 Å². The zero-order chi connectivity index (χ0) is 18.8. The molecular formula is C20H16FN3O2S. The van der Waals surface area contributed by atoms with Gasteiger partial charge < -0.3 is 9.84 Å². The Kier molecular flexibility index (Phi) is 4.68. The van der Waals surface area contributed by atoms with Crippen molar-refractivity contribution in [3.63, 3.8) is 0 Å². The summed E-state index contributed by atoms with van der Waals surface area (Å²) in [6, 6.07) is 11.7. The molecule has 0 spiro atoms. The molecule has 27 heavy (non-hydrogen) atoms. The normalized spacial score (nSPS) is 11.0. The number of halogens is 1. The molecule has 4 aromatic rings. The van der Waals surface area contributed by atoms with Crippen molar-refractivity contribution in [2.75, 3.05) is 6.54 Å².